The smallest absolute Gasteiger partial charge is 0.293 e. The zero-order valence-electron chi connectivity index (χ0n) is 17.4. The first kappa shape index (κ1) is 19.9. The van der Waals surface area contributed by atoms with Crippen LogP contribution >= 0.6 is 0 Å². The molecule has 1 saturated heterocycles. The number of rotatable bonds is 5. The number of amides is 1. The summed E-state index contributed by atoms with van der Waals surface area (Å²) in [6.45, 7) is 7.14. The van der Waals surface area contributed by atoms with Crippen LogP contribution in [0.2, 0.25) is 0 Å². The maximum atomic E-state index is 13.0. The highest BCUT2D eigenvalue weighted by atomic mass is 16.5. The third-order valence-electron chi connectivity index (χ3n) is 5.44. The van der Waals surface area contributed by atoms with Crippen LogP contribution in [0.5, 0.6) is 5.75 Å². The molecule has 7 nitrogen and oxygen atoms in total. The Morgan fingerprint density at radius 1 is 1.00 bits per heavy atom. The number of carbonyl (C=O) groups is 1. The minimum atomic E-state index is -0.0855. The van der Waals surface area contributed by atoms with Gasteiger partial charge in [-0.25, -0.2) is 4.98 Å². The molecule has 0 bridgehead atoms. The highest BCUT2D eigenvalue weighted by Gasteiger charge is 2.26. The average Bonchev–Trinajstić information content (AvgIpc) is 2.79. The standard InChI is InChI=1S/C23H26N4O3/c1-3-27-19-11-7-6-10-18(19)24-21(23(27)29)25-13-15-26(16-14-25)22(28)17-9-5-8-12-20(17)30-4-2/h5-12H,3-4,13-16H2,1-2H3. The Hall–Kier alpha value is -3.35. The zero-order valence-corrected chi connectivity index (χ0v) is 17.4. The van der Waals surface area contributed by atoms with Crippen LogP contribution in [0.15, 0.2) is 53.3 Å². The Morgan fingerprint density at radius 2 is 1.70 bits per heavy atom. The first-order chi connectivity index (χ1) is 14.6. The number of hydrogen-bond donors (Lipinski definition) is 0. The van der Waals surface area contributed by atoms with Crippen molar-refractivity contribution in [3.05, 3.63) is 64.4 Å². The van der Waals surface area contributed by atoms with Crippen molar-refractivity contribution in [2.75, 3.05) is 37.7 Å². The van der Waals surface area contributed by atoms with Gasteiger partial charge in [0.05, 0.1) is 23.2 Å². The quantitative estimate of drug-likeness (QED) is 0.652. The summed E-state index contributed by atoms with van der Waals surface area (Å²) < 4.78 is 7.37. The van der Waals surface area contributed by atoms with Gasteiger partial charge in [0, 0.05) is 32.7 Å². The van der Waals surface area contributed by atoms with Gasteiger partial charge < -0.3 is 19.1 Å². The van der Waals surface area contributed by atoms with E-state index in [2.05, 4.69) is 4.98 Å². The maximum absolute atomic E-state index is 13.0. The molecule has 1 amide bonds. The normalized spacial score (nSPS) is 14.2. The molecule has 2 heterocycles. The van der Waals surface area contributed by atoms with Crippen LogP contribution in [0.25, 0.3) is 11.0 Å². The molecule has 0 saturated carbocycles. The lowest BCUT2D eigenvalue weighted by molar-refractivity contribution is 0.0742. The van der Waals surface area contributed by atoms with Crippen LogP contribution in [0.1, 0.15) is 24.2 Å². The third kappa shape index (κ3) is 3.63. The molecule has 0 atom stereocenters. The fourth-order valence-electron chi connectivity index (χ4n) is 3.92. The van der Waals surface area contributed by atoms with Crippen LogP contribution in [0.3, 0.4) is 0 Å². The Kier molecular flexibility index (Phi) is 5.70. The molecule has 30 heavy (non-hydrogen) atoms. The van der Waals surface area contributed by atoms with E-state index in [0.717, 1.165) is 11.0 Å². The number of ether oxygens (including phenoxy) is 1. The van der Waals surface area contributed by atoms with Gasteiger partial charge in [0.15, 0.2) is 5.82 Å². The predicted molar refractivity (Wildman–Crippen MR) is 117 cm³/mol. The second-order valence-electron chi connectivity index (χ2n) is 7.18. The van der Waals surface area contributed by atoms with Gasteiger partial charge >= 0.3 is 0 Å². The third-order valence-corrected chi connectivity index (χ3v) is 5.44. The summed E-state index contributed by atoms with van der Waals surface area (Å²) in [4.78, 5) is 34.5. The molecule has 0 N–H and O–H groups in total. The number of piperazine rings is 1. The summed E-state index contributed by atoms with van der Waals surface area (Å²) >= 11 is 0. The summed E-state index contributed by atoms with van der Waals surface area (Å²) in [6.07, 6.45) is 0. The van der Waals surface area contributed by atoms with Crippen LogP contribution in [-0.2, 0) is 6.54 Å². The molecule has 1 aromatic heterocycles. The van der Waals surface area contributed by atoms with Crippen molar-refractivity contribution in [1.29, 1.82) is 0 Å². The van der Waals surface area contributed by atoms with Gasteiger partial charge in [-0.05, 0) is 38.1 Å². The van der Waals surface area contributed by atoms with Crippen LogP contribution < -0.4 is 15.2 Å². The molecule has 1 fully saturated rings. The topological polar surface area (TPSA) is 67.7 Å². The van der Waals surface area contributed by atoms with Crippen molar-refractivity contribution in [3.63, 3.8) is 0 Å². The van der Waals surface area contributed by atoms with E-state index in [4.69, 9.17) is 4.74 Å². The molecule has 4 rings (SSSR count). The number of nitrogens with zero attached hydrogens (tertiary/aromatic N) is 4. The highest BCUT2D eigenvalue weighted by molar-refractivity contribution is 5.97. The summed E-state index contributed by atoms with van der Waals surface area (Å²) in [6, 6.07) is 15.0. The first-order valence-electron chi connectivity index (χ1n) is 10.4. The molecular weight excluding hydrogens is 380 g/mol. The fourth-order valence-corrected chi connectivity index (χ4v) is 3.92. The maximum Gasteiger partial charge on any atom is 0.293 e. The molecule has 0 aliphatic carbocycles. The van der Waals surface area contributed by atoms with E-state index >= 15 is 0 Å². The van der Waals surface area contributed by atoms with Crippen LogP contribution in [-0.4, -0.2) is 53.1 Å². The number of fused-ring (bicyclic) bond motifs is 1. The zero-order chi connectivity index (χ0) is 21.1. The Labute approximate surface area is 175 Å². The summed E-state index contributed by atoms with van der Waals surface area (Å²) in [5.74, 6) is 1.02. The average molecular weight is 406 g/mol. The van der Waals surface area contributed by atoms with E-state index in [1.165, 1.54) is 0 Å². The monoisotopic (exact) mass is 406 g/mol. The Bertz CT molecular complexity index is 1120. The van der Waals surface area contributed by atoms with E-state index < -0.39 is 0 Å². The molecule has 0 unspecified atom stereocenters. The molecule has 1 aliphatic rings. The van der Waals surface area contributed by atoms with Gasteiger partial charge in [-0.2, -0.15) is 0 Å². The molecule has 3 aromatic rings. The van der Waals surface area contributed by atoms with Gasteiger partial charge in [-0.3, -0.25) is 9.59 Å². The predicted octanol–water partition coefficient (Wildman–Crippen LogP) is 2.78. The Morgan fingerprint density at radius 3 is 2.43 bits per heavy atom. The second kappa shape index (κ2) is 8.57. The molecule has 0 radical (unpaired) electrons. The lowest BCUT2D eigenvalue weighted by Gasteiger charge is -2.35. The lowest BCUT2D eigenvalue weighted by Crippen LogP contribution is -2.50. The second-order valence-corrected chi connectivity index (χ2v) is 7.18. The number of carbonyl (C=O) groups excluding carboxylic acids is 1. The van der Waals surface area contributed by atoms with Gasteiger partial charge in [-0.15, -0.1) is 0 Å². The summed E-state index contributed by atoms with van der Waals surface area (Å²) in [7, 11) is 0. The minimum Gasteiger partial charge on any atom is -0.493 e. The number of aromatic nitrogens is 2. The van der Waals surface area contributed by atoms with Gasteiger partial charge in [-0.1, -0.05) is 24.3 Å². The number of para-hydroxylation sites is 3. The molecular formula is C23H26N4O3. The molecule has 156 valence electrons. The van der Waals surface area contributed by atoms with Crippen molar-refractivity contribution < 1.29 is 9.53 Å². The van der Waals surface area contributed by atoms with E-state index in [-0.39, 0.29) is 11.5 Å². The van der Waals surface area contributed by atoms with E-state index in [1.807, 2.05) is 66.1 Å². The van der Waals surface area contributed by atoms with Gasteiger partial charge in [0.1, 0.15) is 5.75 Å². The van der Waals surface area contributed by atoms with E-state index in [1.54, 1.807) is 10.6 Å². The van der Waals surface area contributed by atoms with Crippen LogP contribution in [0.4, 0.5) is 5.82 Å². The summed E-state index contributed by atoms with van der Waals surface area (Å²) in [5, 5.41) is 0. The first-order valence-corrected chi connectivity index (χ1v) is 10.4. The highest BCUT2D eigenvalue weighted by Crippen LogP contribution is 2.22. The van der Waals surface area contributed by atoms with Crippen molar-refractivity contribution >= 4 is 22.8 Å². The van der Waals surface area contributed by atoms with Crippen molar-refractivity contribution in [2.45, 2.75) is 20.4 Å². The van der Waals surface area contributed by atoms with E-state index in [0.29, 0.717) is 56.5 Å². The number of anilines is 1. The van der Waals surface area contributed by atoms with E-state index in [9.17, 15) is 9.59 Å². The minimum absolute atomic E-state index is 0.0452. The molecule has 1 aliphatic heterocycles. The van der Waals surface area contributed by atoms with Crippen molar-refractivity contribution in [2.24, 2.45) is 0 Å². The fraction of sp³-hybridized carbons (Fsp3) is 0.348. The van der Waals surface area contributed by atoms with Gasteiger partial charge in [0.2, 0.25) is 0 Å². The number of benzene rings is 2. The largest absolute Gasteiger partial charge is 0.493 e. The molecule has 0 spiro atoms. The molecule has 2 aromatic carbocycles. The molecule has 7 heteroatoms. The lowest BCUT2D eigenvalue weighted by atomic mass is 10.1. The summed E-state index contributed by atoms with van der Waals surface area (Å²) in [5.41, 5.74) is 2.14. The van der Waals surface area contributed by atoms with Gasteiger partial charge in [0.25, 0.3) is 11.5 Å². The SMILES string of the molecule is CCOc1ccccc1C(=O)N1CCN(c2nc3ccccc3n(CC)c2=O)CC1. The van der Waals surface area contributed by atoms with Crippen molar-refractivity contribution in [1.82, 2.24) is 14.5 Å². The van der Waals surface area contributed by atoms with Crippen molar-refractivity contribution in [3.8, 4) is 5.75 Å². The number of hydrogen-bond acceptors (Lipinski definition) is 5. The van der Waals surface area contributed by atoms with Crippen LogP contribution in [0, 0.1) is 0 Å². The Balaban J connectivity index is 1.55. The number of aryl methyl sites for hydroxylation is 1.